The van der Waals surface area contributed by atoms with Crippen LogP contribution in [0.1, 0.15) is 42.9 Å². The van der Waals surface area contributed by atoms with Gasteiger partial charge in [-0.1, -0.05) is 6.07 Å². The van der Waals surface area contributed by atoms with Gasteiger partial charge in [-0.15, -0.1) is 24.8 Å². The largest absolute Gasteiger partial charge is 0.379 e. The van der Waals surface area contributed by atoms with Crippen LogP contribution in [0.4, 0.5) is 0 Å². The average Bonchev–Trinajstić information content (AvgIpc) is 2.69. The van der Waals surface area contributed by atoms with Crippen LogP contribution in [0.25, 0.3) is 0 Å². The Balaban J connectivity index is 0.00000128. The molecule has 4 heterocycles. The molecular weight excluding hydrogens is 427 g/mol. The molecule has 1 saturated carbocycles. The monoisotopic (exact) mass is 458 g/mol. The van der Waals surface area contributed by atoms with Crippen LogP contribution < -0.4 is 11.3 Å². The molecule has 1 amide bonds. The lowest BCUT2D eigenvalue weighted by Crippen LogP contribution is -2.62. The van der Waals surface area contributed by atoms with Gasteiger partial charge in [0.1, 0.15) is 0 Å². The fourth-order valence-corrected chi connectivity index (χ4v) is 5.36. The number of amides is 1. The quantitative estimate of drug-likeness (QED) is 0.738. The Morgan fingerprint density at radius 1 is 1.13 bits per heavy atom. The molecule has 7 nitrogen and oxygen atoms in total. The van der Waals surface area contributed by atoms with Gasteiger partial charge in [-0.3, -0.25) is 14.5 Å². The molecule has 2 N–H and O–H groups in total. The maximum atomic E-state index is 13.2. The molecule has 1 aromatic rings. The Kier molecular flexibility index (Phi) is 7.19. The summed E-state index contributed by atoms with van der Waals surface area (Å²) in [5, 5.41) is 0. The minimum absolute atomic E-state index is 0. The number of halogens is 2. The van der Waals surface area contributed by atoms with Crippen molar-refractivity contribution in [2.45, 2.75) is 50.2 Å². The predicted octanol–water partition coefficient (Wildman–Crippen LogP) is 1.35. The number of ether oxygens (including phenoxy) is 1. The number of morpholine rings is 1. The smallest absolute Gasteiger partial charge is 0.255 e. The maximum absolute atomic E-state index is 13.2. The molecule has 3 aliphatic heterocycles. The summed E-state index contributed by atoms with van der Waals surface area (Å²) >= 11 is 0. The molecule has 0 radical (unpaired) electrons. The molecule has 2 bridgehead atoms. The van der Waals surface area contributed by atoms with Crippen LogP contribution in [-0.2, 0) is 22.6 Å². The number of hydrogen-bond acceptors (Lipinski definition) is 5. The van der Waals surface area contributed by atoms with Crippen molar-refractivity contribution in [2.75, 3.05) is 39.4 Å². The SMILES string of the molecule is Cl.Cl.NC1(C(=O)N2C[C@@H]3C[C@H](C2)c2ccc(CN4CCOCC4)c(=O)n2C3)CCC1. The Bertz CT molecular complexity index is 836. The van der Waals surface area contributed by atoms with Gasteiger partial charge in [-0.2, -0.15) is 0 Å². The molecule has 1 aliphatic carbocycles. The third-order valence-electron chi connectivity index (χ3n) is 7.14. The Morgan fingerprint density at radius 3 is 2.53 bits per heavy atom. The zero-order valence-electron chi connectivity index (χ0n) is 17.3. The zero-order chi connectivity index (χ0) is 19.3. The molecule has 3 fully saturated rings. The third kappa shape index (κ3) is 4.15. The lowest BCUT2D eigenvalue weighted by Gasteiger charge is -2.47. The normalized spacial score (nSPS) is 27.2. The van der Waals surface area contributed by atoms with E-state index in [1.54, 1.807) is 0 Å². The van der Waals surface area contributed by atoms with Gasteiger partial charge >= 0.3 is 0 Å². The molecule has 5 rings (SSSR count). The first-order valence-electron chi connectivity index (χ1n) is 10.6. The van der Waals surface area contributed by atoms with Gasteiger partial charge in [-0.25, -0.2) is 0 Å². The first-order chi connectivity index (χ1) is 13.5. The fourth-order valence-electron chi connectivity index (χ4n) is 5.36. The van der Waals surface area contributed by atoms with Crippen LogP contribution in [0, 0.1) is 5.92 Å². The molecule has 1 aromatic heterocycles. The molecule has 0 aromatic carbocycles. The second kappa shape index (κ2) is 9.17. The molecule has 9 heteroatoms. The molecular formula is C21H32Cl2N4O3. The van der Waals surface area contributed by atoms with E-state index in [-0.39, 0.29) is 42.2 Å². The Hall–Kier alpha value is -1.12. The van der Waals surface area contributed by atoms with Crippen molar-refractivity contribution in [3.8, 4) is 0 Å². The summed E-state index contributed by atoms with van der Waals surface area (Å²) in [6.45, 7) is 6.06. The van der Waals surface area contributed by atoms with Gasteiger partial charge in [0.2, 0.25) is 5.91 Å². The van der Waals surface area contributed by atoms with Crippen LogP contribution in [0.3, 0.4) is 0 Å². The fraction of sp³-hybridized carbons (Fsp3) is 0.714. The maximum Gasteiger partial charge on any atom is 0.255 e. The summed E-state index contributed by atoms with van der Waals surface area (Å²) in [4.78, 5) is 30.3. The van der Waals surface area contributed by atoms with E-state index in [1.165, 1.54) is 0 Å². The Labute approximate surface area is 189 Å². The van der Waals surface area contributed by atoms with Gasteiger partial charge in [0.25, 0.3) is 5.56 Å². The minimum Gasteiger partial charge on any atom is -0.379 e. The number of piperidine rings is 1. The molecule has 30 heavy (non-hydrogen) atoms. The van der Waals surface area contributed by atoms with Crippen LogP contribution >= 0.6 is 24.8 Å². The summed E-state index contributed by atoms with van der Waals surface area (Å²) in [5.74, 6) is 0.702. The molecule has 2 saturated heterocycles. The standard InChI is InChI=1S/C21H30N4O3.2ClH/c22-21(4-1-5-21)20(27)24-11-15-10-17(14-24)18-3-2-16(19(26)25(18)12-15)13-23-6-8-28-9-7-23;;/h2-3,15,17H,1,4-14,22H2;2*1H/t15-,17+;;/m0../s1. The highest BCUT2D eigenvalue weighted by molar-refractivity contribution is 5.87. The topological polar surface area (TPSA) is 80.8 Å². The van der Waals surface area contributed by atoms with Crippen LogP contribution in [0.15, 0.2) is 16.9 Å². The van der Waals surface area contributed by atoms with Crippen molar-refractivity contribution in [1.29, 1.82) is 0 Å². The minimum atomic E-state index is -0.632. The van der Waals surface area contributed by atoms with E-state index in [4.69, 9.17) is 10.5 Å². The lowest BCUT2D eigenvalue weighted by atomic mass is 9.75. The highest BCUT2D eigenvalue weighted by atomic mass is 35.5. The van der Waals surface area contributed by atoms with E-state index in [0.717, 1.165) is 69.8 Å². The van der Waals surface area contributed by atoms with Crippen molar-refractivity contribution < 1.29 is 9.53 Å². The summed E-state index contributed by atoms with van der Waals surface area (Å²) < 4.78 is 7.39. The van der Waals surface area contributed by atoms with Gasteiger partial charge < -0.3 is 19.9 Å². The van der Waals surface area contributed by atoms with Crippen LogP contribution in [0.5, 0.6) is 0 Å². The number of nitrogens with two attached hydrogens (primary N) is 1. The first kappa shape index (κ1) is 23.5. The van der Waals surface area contributed by atoms with Crippen LogP contribution in [0.2, 0.25) is 0 Å². The van der Waals surface area contributed by atoms with Crippen molar-refractivity contribution in [2.24, 2.45) is 11.7 Å². The van der Waals surface area contributed by atoms with Gasteiger partial charge in [0.15, 0.2) is 0 Å². The summed E-state index contributed by atoms with van der Waals surface area (Å²) in [7, 11) is 0. The number of rotatable bonds is 3. The number of carbonyl (C=O) groups is 1. The van der Waals surface area contributed by atoms with E-state index in [2.05, 4.69) is 11.0 Å². The van der Waals surface area contributed by atoms with E-state index in [9.17, 15) is 9.59 Å². The molecule has 168 valence electrons. The number of hydrogen-bond donors (Lipinski definition) is 1. The van der Waals surface area contributed by atoms with Gasteiger partial charge in [0.05, 0.1) is 18.8 Å². The lowest BCUT2D eigenvalue weighted by molar-refractivity contribution is -0.143. The summed E-state index contributed by atoms with van der Waals surface area (Å²) in [5.41, 5.74) is 7.77. The van der Waals surface area contributed by atoms with E-state index >= 15 is 0 Å². The van der Waals surface area contributed by atoms with E-state index < -0.39 is 5.54 Å². The second-order valence-electron chi connectivity index (χ2n) is 9.11. The zero-order valence-corrected chi connectivity index (χ0v) is 18.9. The molecule has 0 spiro atoms. The molecule has 0 unspecified atom stereocenters. The highest BCUT2D eigenvalue weighted by Gasteiger charge is 2.46. The number of likely N-dealkylation sites (tertiary alicyclic amines) is 1. The molecule has 2 atom stereocenters. The number of nitrogens with zero attached hydrogens (tertiary/aromatic N) is 3. The molecule has 4 aliphatic rings. The van der Waals surface area contributed by atoms with Gasteiger partial charge in [-0.05, 0) is 37.7 Å². The van der Waals surface area contributed by atoms with Crippen molar-refractivity contribution in [3.63, 3.8) is 0 Å². The second-order valence-corrected chi connectivity index (χ2v) is 9.11. The van der Waals surface area contributed by atoms with Crippen molar-refractivity contribution in [3.05, 3.63) is 33.7 Å². The highest BCUT2D eigenvalue weighted by Crippen LogP contribution is 2.38. The van der Waals surface area contributed by atoms with Crippen molar-refractivity contribution in [1.82, 2.24) is 14.4 Å². The summed E-state index contributed by atoms with van der Waals surface area (Å²) in [6.07, 6.45) is 3.72. The number of pyridine rings is 1. The third-order valence-corrected chi connectivity index (χ3v) is 7.14. The van der Waals surface area contributed by atoms with Crippen LogP contribution in [-0.4, -0.2) is 65.2 Å². The van der Waals surface area contributed by atoms with E-state index in [1.807, 2.05) is 15.5 Å². The number of carbonyl (C=O) groups excluding carboxylic acids is 1. The van der Waals surface area contributed by atoms with Crippen molar-refractivity contribution >= 4 is 30.7 Å². The number of fused-ring (bicyclic) bond motifs is 4. The summed E-state index contributed by atoms with van der Waals surface area (Å²) in [6, 6.07) is 4.12. The first-order valence-corrected chi connectivity index (χ1v) is 10.6. The van der Waals surface area contributed by atoms with E-state index in [0.29, 0.717) is 25.6 Å². The van der Waals surface area contributed by atoms with Gasteiger partial charge in [0, 0.05) is 56.4 Å². The Morgan fingerprint density at radius 2 is 1.87 bits per heavy atom. The number of aromatic nitrogens is 1. The predicted molar refractivity (Wildman–Crippen MR) is 119 cm³/mol. The average molecular weight is 459 g/mol.